The Kier molecular flexibility index (Phi) is 5.48. The van der Waals surface area contributed by atoms with Gasteiger partial charge in [-0.1, -0.05) is 12.1 Å². The van der Waals surface area contributed by atoms with Crippen LogP contribution in [0.2, 0.25) is 0 Å². The van der Waals surface area contributed by atoms with Gasteiger partial charge in [-0.25, -0.2) is 4.79 Å². The molecule has 8 heteroatoms. The van der Waals surface area contributed by atoms with Crippen LogP contribution in [-0.4, -0.2) is 28.8 Å². The SMILES string of the molecule is NCCc1ccc2ccc(=O)[nH]c2c1.O=C(O)C(F)(F)F. The molecule has 0 fully saturated rings. The minimum atomic E-state index is -5.08. The fourth-order valence-electron chi connectivity index (χ4n) is 1.52. The van der Waals surface area contributed by atoms with Crippen molar-refractivity contribution in [2.45, 2.75) is 12.6 Å². The number of alkyl halides is 3. The number of carboxylic acids is 1. The summed E-state index contributed by atoms with van der Waals surface area (Å²) in [7, 11) is 0. The van der Waals surface area contributed by atoms with Gasteiger partial charge in [-0.3, -0.25) is 4.79 Å². The van der Waals surface area contributed by atoms with Gasteiger partial charge in [-0.05, 0) is 36.0 Å². The summed E-state index contributed by atoms with van der Waals surface area (Å²) < 4.78 is 31.7. The van der Waals surface area contributed by atoms with E-state index in [4.69, 9.17) is 15.6 Å². The molecule has 114 valence electrons. The molecule has 0 saturated heterocycles. The molecule has 0 bridgehead atoms. The summed E-state index contributed by atoms with van der Waals surface area (Å²) in [5.41, 5.74) is 7.43. The molecule has 1 aromatic heterocycles. The topological polar surface area (TPSA) is 96.2 Å². The molecule has 1 heterocycles. The Balaban J connectivity index is 0.000000270. The highest BCUT2D eigenvalue weighted by Gasteiger charge is 2.38. The number of hydrogen-bond acceptors (Lipinski definition) is 3. The van der Waals surface area contributed by atoms with Gasteiger partial charge in [-0.15, -0.1) is 0 Å². The number of aromatic nitrogens is 1. The van der Waals surface area contributed by atoms with Crippen LogP contribution in [0.3, 0.4) is 0 Å². The fraction of sp³-hybridized carbons (Fsp3) is 0.231. The van der Waals surface area contributed by atoms with Crippen LogP contribution in [0.5, 0.6) is 0 Å². The molecule has 2 aromatic rings. The van der Waals surface area contributed by atoms with E-state index in [-0.39, 0.29) is 5.56 Å². The molecule has 0 spiro atoms. The van der Waals surface area contributed by atoms with Crippen molar-refractivity contribution in [2.75, 3.05) is 6.54 Å². The lowest BCUT2D eigenvalue weighted by Crippen LogP contribution is -2.21. The predicted molar refractivity (Wildman–Crippen MR) is 71.0 cm³/mol. The van der Waals surface area contributed by atoms with Crippen LogP contribution in [0.15, 0.2) is 35.1 Å². The highest BCUT2D eigenvalue weighted by atomic mass is 19.4. The Bertz CT molecular complexity index is 680. The lowest BCUT2D eigenvalue weighted by molar-refractivity contribution is -0.192. The van der Waals surface area contributed by atoms with E-state index in [1.54, 1.807) is 0 Å². The number of rotatable bonds is 2. The molecule has 0 saturated carbocycles. The first-order chi connectivity index (χ1) is 9.74. The molecule has 1 aromatic carbocycles. The average Bonchev–Trinajstić information content (AvgIpc) is 2.38. The summed E-state index contributed by atoms with van der Waals surface area (Å²) in [6.45, 7) is 0.628. The van der Waals surface area contributed by atoms with Crippen LogP contribution in [-0.2, 0) is 11.2 Å². The first-order valence-electron chi connectivity index (χ1n) is 5.86. The monoisotopic (exact) mass is 302 g/mol. The maximum Gasteiger partial charge on any atom is 0.490 e. The largest absolute Gasteiger partial charge is 0.490 e. The Morgan fingerprint density at radius 3 is 2.33 bits per heavy atom. The van der Waals surface area contributed by atoms with Crippen LogP contribution in [0.4, 0.5) is 13.2 Å². The Morgan fingerprint density at radius 2 is 1.81 bits per heavy atom. The van der Waals surface area contributed by atoms with Crippen LogP contribution in [0.1, 0.15) is 5.56 Å². The summed E-state index contributed by atoms with van der Waals surface area (Å²) in [6.07, 6.45) is -4.24. The van der Waals surface area contributed by atoms with Crippen molar-refractivity contribution in [3.8, 4) is 0 Å². The van der Waals surface area contributed by atoms with Crippen molar-refractivity contribution in [1.29, 1.82) is 0 Å². The van der Waals surface area contributed by atoms with Gasteiger partial charge in [-0.2, -0.15) is 13.2 Å². The molecule has 0 amide bonds. The number of carbonyl (C=O) groups is 1. The molecule has 0 aliphatic carbocycles. The van der Waals surface area contributed by atoms with Gasteiger partial charge in [0.05, 0.1) is 0 Å². The number of benzene rings is 1. The number of carboxylic acid groups (broad SMARTS) is 1. The van der Waals surface area contributed by atoms with Crippen LogP contribution in [0, 0.1) is 0 Å². The van der Waals surface area contributed by atoms with Crippen LogP contribution >= 0.6 is 0 Å². The van der Waals surface area contributed by atoms with Crippen molar-refractivity contribution in [1.82, 2.24) is 4.98 Å². The number of aromatic amines is 1. The zero-order chi connectivity index (χ0) is 16.0. The quantitative estimate of drug-likeness (QED) is 0.786. The summed E-state index contributed by atoms with van der Waals surface area (Å²) in [5.74, 6) is -2.76. The van der Waals surface area contributed by atoms with Crippen LogP contribution in [0.25, 0.3) is 10.9 Å². The minimum Gasteiger partial charge on any atom is -0.475 e. The van der Waals surface area contributed by atoms with E-state index in [9.17, 15) is 18.0 Å². The summed E-state index contributed by atoms with van der Waals surface area (Å²) in [6, 6.07) is 9.36. The molecule has 0 aliphatic heterocycles. The number of halogens is 3. The minimum absolute atomic E-state index is 0.0672. The third-order valence-corrected chi connectivity index (χ3v) is 2.47. The van der Waals surface area contributed by atoms with E-state index in [2.05, 4.69) is 4.98 Å². The molecule has 2 rings (SSSR count). The third-order valence-electron chi connectivity index (χ3n) is 2.47. The van der Waals surface area contributed by atoms with Gasteiger partial charge in [0.2, 0.25) is 5.56 Å². The molecule has 0 atom stereocenters. The maximum absolute atomic E-state index is 11.1. The predicted octanol–water partition coefficient (Wildman–Crippen LogP) is 1.66. The standard InChI is InChI=1S/C11H12N2O.C2HF3O2/c12-6-5-8-1-2-9-3-4-11(14)13-10(9)7-8;3-2(4,5)1(6)7/h1-4,7H,5-6,12H2,(H,13,14);(H,6,7). The Morgan fingerprint density at radius 1 is 1.24 bits per heavy atom. The highest BCUT2D eigenvalue weighted by Crippen LogP contribution is 2.13. The fourth-order valence-corrected chi connectivity index (χ4v) is 1.52. The number of hydrogen-bond donors (Lipinski definition) is 3. The molecule has 21 heavy (non-hydrogen) atoms. The normalized spacial score (nSPS) is 10.9. The number of nitrogens with two attached hydrogens (primary N) is 1. The second kappa shape index (κ2) is 6.89. The maximum atomic E-state index is 11.1. The van der Waals surface area contributed by atoms with Crippen LogP contribution < -0.4 is 11.3 Å². The van der Waals surface area contributed by atoms with Gasteiger partial charge < -0.3 is 15.8 Å². The molecule has 0 radical (unpaired) electrons. The van der Waals surface area contributed by atoms with Crippen molar-refractivity contribution in [2.24, 2.45) is 5.73 Å². The second-order valence-electron chi connectivity index (χ2n) is 4.09. The van der Waals surface area contributed by atoms with E-state index in [0.717, 1.165) is 22.9 Å². The average molecular weight is 302 g/mol. The molecule has 5 nitrogen and oxygen atoms in total. The Hall–Kier alpha value is -2.35. The smallest absolute Gasteiger partial charge is 0.475 e. The zero-order valence-electron chi connectivity index (χ0n) is 10.8. The molecule has 4 N–H and O–H groups in total. The van der Waals surface area contributed by atoms with E-state index >= 15 is 0 Å². The lowest BCUT2D eigenvalue weighted by Gasteiger charge is -2.01. The van der Waals surface area contributed by atoms with Crippen molar-refractivity contribution in [3.05, 3.63) is 46.2 Å². The highest BCUT2D eigenvalue weighted by molar-refractivity contribution is 5.78. The van der Waals surface area contributed by atoms with E-state index < -0.39 is 12.1 Å². The van der Waals surface area contributed by atoms with Gasteiger partial charge in [0.25, 0.3) is 0 Å². The number of pyridine rings is 1. The number of aliphatic carboxylic acids is 1. The molecular weight excluding hydrogens is 289 g/mol. The summed E-state index contributed by atoms with van der Waals surface area (Å²) >= 11 is 0. The lowest BCUT2D eigenvalue weighted by atomic mass is 10.1. The zero-order valence-corrected chi connectivity index (χ0v) is 10.8. The molecule has 0 aliphatic rings. The van der Waals surface area contributed by atoms with Crippen molar-refractivity contribution < 1.29 is 23.1 Å². The van der Waals surface area contributed by atoms with Crippen molar-refractivity contribution >= 4 is 16.9 Å². The van der Waals surface area contributed by atoms with E-state index in [1.165, 1.54) is 6.07 Å². The second-order valence-corrected chi connectivity index (χ2v) is 4.09. The van der Waals surface area contributed by atoms with Gasteiger partial charge in [0, 0.05) is 11.6 Å². The first kappa shape index (κ1) is 16.7. The Labute approximate surface area is 117 Å². The molecule has 0 unspecified atom stereocenters. The number of nitrogens with one attached hydrogen (secondary N) is 1. The molecular formula is C13H13F3N2O3. The van der Waals surface area contributed by atoms with Gasteiger partial charge in [0.15, 0.2) is 0 Å². The van der Waals surface area contributed by atoms with Gasteiger partial charge >= 0.3 is 12.1 Å². The number of H-pyrrole nitrogens is 1. The summed E-state index contributed by atoms with van der Waals surface area (Å²) in [5, 5.41) is 8.17. The van der Waals surface area contributed by atoms with Crippen molar-refractivity contribution in [3.63, 3.8) is 0 Å². The third kappa shape index (κ3) is 5.27. The first-order valence-corrected chi connectivity index (χ1v) is 5.86. The summed E-state index contributed by atoms with van der Waals surface area (Å²) in [4.78, 5) is 22.8. The van der Waals surface area contributed by atoms with E-state index in [1.807, 2.05) is 24.3 Å². The number of fused-ring (bicyclic) bond motifs is 1. The van der Waals surface area contributed by atoms with E-state index in [0.29, 0.717) is 6.54 Å². The van der Waals surface area contributed by atoms with Gasteiger partial charge in [0.1, 0.15) is 0 Å².